The number of aryl methyl sites for hydroxylation is 1. The molecule has 3 rings (SSSR count). The number of hydrogen-bond donors (Lipinski definition) is 2. The van der Waals surface area contributed by atoms with Crippen LogP contribution < -0.4 is 10.6 Å². The molecule has 0 aliphatic carbocycles. The Balaban J connectivity index is 1.63. The fraction of sp³-hybridized carbons (Fsp3) is 0.0909. The highest BCUT2D eigenvalue weighted by Crippen LogP contribution is 2.22. The Hall–Kier alpha value is -3.31. The molecule has 1 amide bonds. The van der Waals surface area contributed by atoms with Crippen molar-refractivity contribution in [3.63, 3.8) is 0 Å². The summed E-state index contributed by atoms with van der Waals surface area (Å²) in [7, 11) is 0. The van der Waals surface area contributed by atoms with Crippen molar-refractivity contribution in [3.8, 4) is 0 Å². The van der Waals surface area contributed by atoms with Crippen LogP contribution in [0.25, 0.3) is 0 Å². The van der Waals surface area contributed by atoms with Gasteiger partial charge in [-0.25, -0.2) is 4.79 Å². The van der Waals surface area contributed by atoms with Crippen molar-refractivity contribution in [2.45, 2.75) is 6.92 Å². The summed E-state index contributed by atoms with van der Waals surface area (Å²) >= 11 is 5.95. The van der Waals surface area contributed by atoms with E-state index < -0.39 is 18.5 Å². The van der Waals surface area contributed by atoms with Crippen molar-refractivity contribution >= 4 is 40.5 Å². The maximum atomic E-state index is 12.5. The summed E-state index contributed by atoms with van der Waals surface area (Å²) in [6, 6.07) is 21.6. The van der Waals surface area contributed by atoms with E-state index in [0.29, 0.717) is 22.0 Å². The van der Waals surface area contributed by atoms with Crippen molar-refractivity contribution in [3.05, 3.63) is 88.9 Å². The molecule has 6 heteroatoms. The second kappa shape index (κ2) is 9.06. The number of esters is 1. The smallest absolute Gasteiger partial charge is 0.340 e. The third-order valence-electron chi connectivity index (χ3n) is 4.01. The van der Waals surface area contributed by atoms with Crippen LogP contribution in [0.5, 0.6) is 0 Å². The van der Waals surface area contributed by atoms with E-state index in [9.17, 15) is 9.59 Å². The van der Waals surface area contributed by atoms with Crippen LogP contribution in [0.3, 0.4) is 0 Å². The van der Waals surface area contributed by atoms with Crippen molar-refractivity contribution in [2.24, 2.45) is 0 Å². The fourth-order valence-electron chi connectivity index (χ4n) is 2.57. The number of rotatable bonds is 6. The zero-order valence-electron chi connectivity index (χ0n) is 15.2. The van der Waals surface area contributed by atoms with Crippen LogP contribution in [-0.2, 0) is 9.53 Å². The number of amides is 1. The maximum absolute atomic E-state index is 12.5. The van der Waals surface area contributed by atoms with Gasteiger partial charge in [0.2, 0.25) is 0 Å². The van der Waals surface area contributed by atoms with E-state index in [1.807, 2.05) is 43.3 Å². The summed E-state index contributed by atoms with van der Waals surface area (Å²) < 4.78 is 5.19. The minimum atomic E-state index is -0.586. The number of halogens is 1. The molecule has 0 bridgehead atoms. The Morgan fingerprint density at radius 2 is 1.64 bits per heavy atom. The Morgan fingerprint density at radius 3 is 2.43 bits per heavy atom. The summed E-state index contributed by atoms with van der Waals surface area (Å²) in [5.74, 6) is -1.02. The van der Waals surface area contributed by atoms with Crippen LogP contribution in [-0.4, -0.2) is 18.5 Å². The third-order valence-corrected chi connectivity index (χ3v) is 4.24. The van der Waals surface area contributed by atoms with Crippen LogP contribution in [0, 0.1) is 6.92 Å². The number of carbonyl (C=O) groups is 2. The first-order chi connectivity index (χ1) is 13.5. The zero-order valence-corrected chi connectivity index (χ0v) is 16.0. The maximum Gasteiger partial charge on any atom is 0.340 e. The minimum Gasteiger partial charge on any atom is -0.452 e. The molecule has 0 radical (unpaired) electrons. The standard InChI is InChI=1S/C22H19ClN2O3/c1-15-11-12-16(23)13-20(15)25-21(26)14-28-22(27)18-9-5-6-10-19(18)24-17-7-3-2-4-8-17/h2-13,24H,14H2,1H3,(H,25,26). The van der Waals surface area contributed by atoms with Gasteiger partial charge < -0.3 is 15.4 Å². The minimum absolute atomic E-state index is 0.345. The van der Waals surface area contributed by atoms with E-state index in [-0.39, 0.29) is 0 Å². The highest BCUT2D eigenvalue weighted by atomic mass is 35.5. The van der Waals surface area contributed by atoms with Crippen LogP contribution >= 0.6 is 11.6 Å². The SMILES string of the molecule is Cc1ccc(Cl)cc1NC(=O)COC(=O)c1ccccc1Nc1ccccc1. The average molecular weight is 395 g/mol. The van der Waals surface area contributed by atoms with E-state index in [0.717, 1.165) is 11.3 Å². The van der Waals surface area contributed by atoms with Crippen LogP contribution in [0.4, 0.5) is 17.1 Å². The number of nitrogens with one attached hydrogen (secondary N) is 2. The quantitative estimate of drug-likeness (QED) is 0.565. The molecular formula is C22H19ClN2O3. The molecule has 0 atom stereocenters. The fourth-order valence-corrected chi connectivity index (χ4v) is 2.74. The third kappa shape index (κ3) is 5.11. The van der Waals surface area contributed by atoms with E-state index in [2.05, 4.69) is 10.6 Å². The Morgan fingerprint density at radius 1 is 0.929 bits per heavy atom. The molecule has 0 saturated heterocycles. The van der Waals surface area contributed by atoms with Gasteiger partial charge >= 0.3 is 5.97 Å². The zero-order chi connectivity index (χ0) is 19.9. The molecule has 3 aromatic rings. The highest BCUT2D eigenvalue weighted by molar-refractivity contribution is 6.31. The molecule has 0 saturated carbocycles. The molecule has 0 fully saturated rings. The number of para-hydroxylation sites is 2. The molecule has 142 valence electrons. The Labute approximate surface area is 168 Å². The molecule has 5 nitrogen and oxygen atoms in total. The summed E-state index contributed by atoms with van der Waals surface area (Å²) in [4.78, 5) is 24.6. The van der Waals surface area contributed by atoms with Gasteiger partial charge in [-0.2, -0.15) is 0 Å². The Kier molecular flexibility index (Phi) is 6.29. The van der Waals surface area contributed by atoms with Gasteiger partial charge in [-0.15, -0.1) is 0 Å². The first-order valence-corrected chi connectivity index (χ1v) is 9.05. The lowest BCUT2D eigenvalue weighted by Gasteiger charge is -2.12. The van der Waals surface area contributed by atoms with E-state index in [1.54, 1.807) is 36.4 Å². The molecule has 0 spiro atoms. The molecular weight excluding hydrogens is 376 g/mol. The van der Waals surface area contributed by atoms with Crippen LogP contribution in [0.2, 0.25) is 5.02 Å². The molecule has 28 heavy (non-hydrogen) atoms. The molecule has 3 aromatic carbocycles. The first-order valence-electron chi connectivity index (χ1n) is 8.67. The van der Waals surface area contributed by atoms with Gasteiger partial charge in [-0.3, -0.25) is 4.79 Å². The lowest BCUT2D eigenvalue weighted by molar-refractivity contribution is -0.119. The van der Waals surface area contributed by atoms with Crippen molar-refractivity contribution in [1.29, 1.82) is 0 Å². The van der Waals surface area contributed by atoms with Crippen LogP contribution in [0.15, 0.2) is 72.8 Å². The molecule has 0 unspecified atom stereocenters. The lowest BCUT2D eigenvalue weighted by atomic mass is 10.1. The van der Waals surface area contributed by atoms with E-state index in [4.69, 9.17) is 16.3 Å². The lowest BCUT2D eigenvalue weighted by Crippen LogP contribution is -2.21. The monoisotopic (exact) mass is 394 g/mol. The van der Waals surface area contributed by atoms with Gasteiger partial charge in [-0.05, 0) is 48.9 Å². The summed E-state index contributed by atoms with van der Waals surface area (Å²) in [6.45, 7) is 1.45. The van der Waals surface area contributed by atoms with Gasteiger partial charge in [0.25, 0.3) is 5.91 Å². The number of anilines is 3. The van der Waals surface area contributed by atoms with Gasteiger partial charge in [0, 0.05) is 16.4 Å². The Bertz CT molecular complexity index is 990. The molecule has 2 N–H and O–H groups in total. The van der Waals surface area contributed by atoms with E-state index >= 15 is 0 Å². The van der Waals surface area contributed by atoms with Gasteiger partial charge in [-0.1, -0.05) is 48.0 Å². The predicted octanol–water partition coefficient (Wildman–Crippen LogP) is 5.19. The normalized spacial score (nSPS) is 10.2. The first kappa shape index (κ1) is 19.5. The van der Waals surface area contributed by atoms with Gasteiger partial charge in [0.1, 0.15) is 0 Å². The van der Waals surface area contributed by atoms with Crippen molar-refractivity contribution in [1.82, 2.24) is 0 Å². The average Bonchev–Trinajstić information content (AvgIpc) is 2.70. The number of ether oxygens (including phenoxy) is 1. The molecule has 0 heterocycles. The second-order valence-electron chi connectivity index (χ2n) is 6.12. The number of hydrogen-bond acceptors (Lipinski definition) is 4. The predicted molar refractivity (Wildman–Crippen MR) is 111 cm³/mol. The summed E-state index contributed by atoms with van der Waals surface area (Å²) in [5, 5.41) is 6.39. The number of carbonyl (C=O) groups excluding carboxylic acids is 2. The van der Waals surface area contributed by atoms with Crippen LogP contribution in [0.1, 0.15) is 15.9 Å². The topological polar surface area (TPSA) is 67.4 Å². The molecule has 0 aromatic heterocycles. The second-order valence-corrected chi connectivity index (χ2v) is 6.56. The van der Waals surface area contributed by atoms with Crippen molar-refractivity contribution < 1.29 is 14.3 Å². The summed E-state index contributed by atoms with van der Waals surface area (Å²) in [5.41, 5.74) is 3.24. The summed E-state index contributed by atoms with van der Waals surface area (Å²) in [6.07, 6.45) is 0. The van der Waals surface area contributed by atoms with E-state index in [1.165, 1.54) is 0 Å². The van der Waals surface area contributed by atoms with Gasteiger partial charge in [0.15, 0.2) is 6.61 Å². The molecule has 0 aliphatic rings. The van der Waals surface area contributed by atoms with Gasteiger partial charge in [0.05, 0.1) is 11.3 Å². The van der Waals surface area contributed by atoms with Crippen molar-refractivity contribution in [2.75, 3.05) is 17.2 Å². The largest absolute Gasteiger partial charge is 0.452 e. The number of benzene rings is 3. The molecule has 0 aliphatic heterocycles. The highest BCUT2D eigenvalue weighted by Gasteiger charge is 2.15.